The standard InChI is InChI=1S/C17H20N2O4/c1-4-5-6-10-15(17(22)23-3)19-16(21)13-8-7-9-14(11-13)18-12(2)20/h1,7-9,11,15H,5-6,10H2,2-3H3,(H,18,20)(H,19,21)/t15-/m0/s1. The molecule has 0 aliphatic rings. The topological polar surface area (TPSA) is 84.5 Å². The molecule has 0 aliphatic heterocycles. The van der Waals surface area contributed by atoms with Gasteiger partial charge in [0.25, 0.3) is 5.91 Å². The Bertz CT molecular complexity index is 619. The van der Waals surface area contributed by atoms with Crippen molar-refractivity contribution in [3.8, 4) is 12.3 Å². The fourth-order valence-electron chi connectivity index (χ4n) is 1.98. The number of methoxy groups -OCH3 is 1. The highest BCUT2D eigenvalue weighted by molar-refractivity contribution is 5.98. The number of ether oxygens (including phenoxy) is 1. The average molecular weight is 316 g/mol. The van der Waals surface area contributed by atoms with E-state index in [0.717, 1.165) is 0 Å². The van der Waals surface area contributed by atoms with Crippen LogP contribution < -0.4 is 10.6 Å². The molecule has 0 heterocycles. The van der Waals surface area contributed by atoms with Gasteiger partial charge in [0.15, 0.2) is 0 Å². The Morgan fingerprint density at radius 1 is 1.35 bits per heavy atom. The molecule has 2 N–H and O–H groups in total. The van der Waals surface area contributed by atoms with Gasteiger partial charge in [-0.2, -0.15) is 0 Å². The second-order valence-electron chi connectivity index (χ2n) is 4.91. The number of rotatable bonds is 7. The summed E-state index contributed by atoms with van der Waals surface area (Å²) in [5, 5.41) is 5.23. The van der Waals surface area contributed by atoms with Crippen LogP contribution in [0.3, 0.4) is 0 Å². The quantitative estimate of drug-likeness (QED) is 0.456. The van der Waals surface area contributed by atoms with Gasteiger partial charge in [-0.05, 0) is 31.0 Å². The molecule has 1 aromatic carbocycles. The first-order chi connectivity index (χ1) is 11.0. The highest BCUT2D eigenvalue weighted by atomic mass is 16.5. The fourth-order valence-corrected chi connectivity index (χ4v) is 1.98. The predicted molar refractivity (Wildman–Crippen MR) is 86.7 cm³/mol. The first kappa shape index (κ1) is 18.2. The molecule has 6 nitrogen and oxygen atoms in total. The van der Waals surface area contributed by atoms with E-state index in [0.29, 0.717) is 30.5 Å². The van der Waals surface area contributed by atoms with Crippen molar-refractivity contribution in [2.45, 2.75) is 32.2 Å². The smallest absolute Gasteiger partial charge is 0.328 e. The monoisotopic (exact) mass is 316 g/mol. The minimum absolute atomic E-state index is 0.232. The molecule has 0 spiro atoms. The lowest BCUT2D eigenvalue weighted by Crippen LogP contribution is -2.41. The second kappa shape index (κ2) is 9.26. The van der Waals surface area contributed by atoms with E-state index in [1.54, 1.807) is 18.2 Å². The largest absolute Gasteiger partial charge is 0.467 e. The van der Waals surface area contributed by atoms with Gasteiger partial charge in [0, 0.05) is 24.6 Å². The zero-order chi connectivity index (χ0) is 17.2. The third-order valence-electron chi connectivity index (χ3n) is 3.05. The number of carbonyl (C=O) groups is 3. The summed E-state index contributed by atoms with van der Waals surface area (Å²) in [6.45, 7) is 1.38. The summed E-state index contributed by atoms with van der Waals surface area (Å²) in [5.41, 5.74) is 0.842. The van der Waals surface area contributed by atoms with Crippen LogP contribution in [-0.4, -0.2) is 30.9 Å². The molecule has 6 heteroatoms. The first-order valence-corrected chi connectivity index (χ1v) is 7.17. The van der Waals surface area contributed by atoms with E-state index in [2.05, 4.69) is 16.6 Å². The van der Waals surface area contributed by atoms with Crippen molar-refractivity contribution in [1.82, 2.24) is 5.32 Å². The molecule has 0 bridgehead atoms. The Morgan fingerprint density at radius 3 is 2.70 bits per heavy atom. The van der Waals surface area contributed by atoms with Crippen LogP contribution >= 0.6 is 0 Å². The maximum absolute atomic E-state index is 12.3. The summed E-state index contributed by atoms with van der Waals surface area (Å²) < 4.78 is 4.69. The fraction of sp³-hybridized carbons (Fsp3) is 0.353. The number of hydrogen-bond donors (Lipinski definition) is 2. The Labute approximate surface area is 135 Å². The number of anilines is 1. The van der Waals surface area contributed by atoms with E-state index in [1.807, 2.05) is 0 Å². The number of esters is 1. The normalized spacial score (nSPS) is 11.0. The number of terminal acetylenes is 1. The third-order valence-corrected chi connectivity index (χ3v) is 3.05. The van der Waals surface area contributed by atoms with Crippen LogP contribution in [0.1, 0.15) is 36.5 Å². The van der Waals surface area contributed by atoms with E-state index in [-0.39, 0.29) is 5.91 Å². The number of nitrogens with one attached hydrogen (secondary N) is 2. The van der Waals surface area contributed by atoms with E-state index in [9.17, 15) is 14.4 Å². The van der Waals surface area contributed by atoms with Crippen LogP contribution in [0.25, 0.3) is 0 Å². The molecule has 1 rings (SSSR count). The molecular formula is C17H20N2O4. The Balaban J connectivity index is 2.79. The van der Waals surface area contributed by atoms with Gasteiger partial charge in [-0.25, -0.2) is 4.79 Å². The van der Waals surface area contributed by atoms with Gasteiger partial charge in [0.05, 0.1) is 7.11 Å². The lowest BCUT2D eigenvalue weighted by atomic mass is 10.1. The molecule has 0 unspecified atom stereocenters. The summed E-state index contributed by atoms with van der Waals surface area (Å²) in [7, 11) is 1.26. The minimum Gasteiger partial charge on any atom is -0.467 e. The lowest BCUT2D eigenvalue weighted by molar-refractivity contribution is -0.143. The third kappa shape index (κ3) is 6.22. The number of amides is 2. The van der Waals surface area contributed by atoms with E-state index in [4.69, 9.17) is 11.2 Å². The molecule has 1 atom stereocenters. The zero-order valence-electron chi connectivity index (χ0n) is 13.2. The van der Waals surface area contributed by atoms with Gasteiger partial charge in [-0.15, -0.1) is 12.3 Å². The summed E-state index contributed by atoms with van der Waals surface area (Å²) in [6, 6.07) is 5.68. The molecule has 2 amide bonds. The van der Waals surface area contributed by atoms with Crippen molar-refractivity contribution in [2.75, 3.05) is 12.4 Å². The summed E-state index contributed by atoms with van der Waals surface area (Å²) in [5.74, 6) is 1.31. The summed E-state index contributed by atoms with van der Waals surface area (Å²) in [4.78, 5) is 35.1. The number of benzene rings is 1. The van der Waals surface area contributed by atoms with E-state index >= 15 is 0 Å². The van der Waals surface area contributed by atoms with Gasteiger partial charge in [0.1, 0.15) is 6.04 Å². The molecule has 0 fully saturated rings. The minimum atomic E-state index is -0.759. The lowest BCUT2D eigenvalue weighted by Gasteiger charge is -2.16. The number of carbonyl (C=O) groups excluding carboxylic acids is 3. The maximum atomic E-state index is 12.3. The van der Waals surface area contributed by atoms with Crippen molar-refractivity contribution in [3.63, 3.8) is 0 Å². The first-order valence-electron chi connectivity index (χ1n) is 7.17. The average Bonchev–Trinajstić information content (AvgIpc) is 2.52. The van der Waals surface area contributed by atoms with Gasteiger partial charge in [0.2, 0.25) is 5.91 Å². The second-order valence-corrected chi connectivity index (χ2v) is 4.91. The van der Waals surface area contributed by atoms with Crippen LogP contribution in [0.15, 0.2) is 24.3 Å². The Kier molecular flexibility index (Phi) is 7.34. The zero-order valence-corrected chi connectivity index (χ0v) is 13.2. The van der Waals surface area contributed by atoms with Crippen LogP contribution in [0.5, 0.6) is 0 Å². The highest BCUT2D eigenvalue weighted by Gasteiger charge is 2.21. The van der Waals surface area contributed by atoms with Crippen LogP contribution in [0.2, 0.25) is 0 Å². The van der Waals surface area contributed by atoms with Gasteiger partial charge in [-0.3, -0.25) is 9.59 Å². The molecule has 1 aromatic rings. The van der Waals surface area contributed by atoms with Gasteiger partial charge in [-0.1, -0.05) is 6.07 Å². The molecule has 122 valence electrons. The van der Waals surface area contributed by atoms with E-state index in [1.165, 1.54) is 20.1 Å². The van der Waals surface area contributed by atoms with Crippen LogP contribution in [0, 0.1) is 12.3 Å². The Hall–Kier alpha value is -2.81. The molecule has 0 saturated carbocycles. The van der Waals surface area contributed by atoms with Crippen molar-refractivity contribution in [1.29, 1.82) is 0 Å². The van der Waals surface area contributed by atoms with Crippen molar-refractivity contribution >= 4 is 23.5 Å². The highest BCUT2D eigenvalue weighted by Crippen LogP contribution is 2.11. The molecule has 0 radical (unpaired) electrons. The summed E-state index contributed by atoms with van der Waals surface area (Å²) >= 11 is 0. The number of unbranched alkanes of at least 4 members (excludes halogenated alkanes) is 1. The van der Waals surface area contributed by atoms with Crippen molar-refractivity contribution < 1.29 is 19.1 Å². The predicted octanol–water partition coefficient (Wildman–Crippen LogP) is 1.72. The van der Waals surface area contributed by atoms with Crippen molar-refractivity contribution in [3.05, 3.63) is 29.8 Å². The maximum Gasteiger partial charge on any atom is 0.328 e. The van der Waals surface area contributed by atoms with Crippen LogP contribution in [-0.2, 0) is 14.3 Å². The molecular weight excluding hydrogens is 296 g/mol. The molecule has 0 saturated heterocycles. The van der Waals surface area contributed by atoms with Crippen LogP contribution in [0.4, 0.5) is 5.69 Å². The number of hydrogen-bond acceptors (Lipinski definition) is 4. The molecule has 23 heavy (non-hydrogen) atoms. The summed E-state index contributed by atoms with van der Waals surface area (Å²) in [6.07, 6.45) is 6.70. The van der Waals surface area contributed by atoms with Gasteiger partial charge >= 0.3 is 5.97 Å². The molecule has 0 aliphatic carbocycles. The van der Waals surface area contributed by atoms with Gasteiger partial charge < -0.3 is 15.4 Å². The SMILES string of the molecule is C#CCCC[C@H](NC(=O)c1cccc(NC(C)=O)c1)C(=O)OC. The Morgan fingerprint density at radius 2 is 2.09 bits per heavy atom. The van der Waals surface area contributed by atoms with Crippen molar-refractivity contribution in [2.24, 2.45) is 0 Å². The van der Waals surface area contributed by atoms with E-state index < -0.39 is 17.9 Å². The molecule has 0 aromatic heterocycles.